The largest absolute Gasteiger partial charge is 0.389 e. The van der Waals surface area contributed by atoms with Crippen LogP contribution in [-0.4, -0.2) is 16.4 Å². The molecule has 1 aliphatic carbocycles. The standard InChI is InChI=1S/C13H21NSi/c15-10-14-13-9-5-4-8-12(13)11-6-2-1-3-7-11/h4-5,8-9,11,14H,1-3,6-7,10H2,15H3. The molecule has 1 aromatic rings. The van der Waals surface area contributed by atoms with Gasteiger partial charge in [-0.3, -0.25) is 0 Å². The van der Waals surface area contributed by atoms with E-state index in [0.717, 1.165) is 12.1 Å². The van der Waals surface area contributed by atoms with Gasteiger partial charge in [-0.25, -0.2) is 0 Å². The first-order chi connectivity index (χ1) is 7.42. The van der Waals surface area contributed by atoms with Crippen molar-refractivity contribution in [2.45, 2.75) is 38.0 Å². The smallest absolute Gasteiger partial charge is 0.0372 e. The molecule has 0 heterocycles. The van der Waals surface area contributed by atoms with Gasteiger partial charge >= 0.3 is 0 Å². The van der Waals surface area contributed by atoms with Crippen molar-refractivity contribution in [1.29, 1.82) is 0 Å². The molecule has 1 aromatic carbocycles. The second-order valence-electron chi connectivity index (χ2n) is 4.45. The van der Waals surface area contributed by atoms with E-state index in [1.54, 1.807) is 5.56 Å². The van der Waals surface area contributed by atoms with Gasteiger partial charge in [-0.05, 0) is 36.6 Å². The highest BCUT2D eigenvalue weighted by Crippen LogP contribution is 2.36. The van der Waals surface area contributed by atoms with Gasteiger partial charge in [-0.1, -0.05) is 37.5 Å². The van der Waals surface area contributed by atoms with Gasteiger partial charge in [0.2, 0.25) is 0 Å². The van der Waals surface area contributed by atoms with E-state index in [2.05, 4.69) is 29.6 Å². The Morgan fingerprint density at radius 2 is 1.87 bits per heavy atom. The highest BCUT2D eigenvalue weighted by Gasteiger charge is 2.17. The van der Waals surface area contributed by atoms with Crippen molar-refractivity contribution in [3.63, 3.8) is 0 Å². The molecule has 1 saturated carbocycles. The average molecular weight is 219 g/mol. The quantitative estimate of drug-likeness (QED) is 0.770. The topological polar surface area (TPSA) is 12.0 Å². The molecular weight excluding hydrogens is 198 g/mol. The molecule has 0 spiro atoms. The summed E-state index contributed by atoms with van der Waals surface area (Å²) in [6.45, 7) is 0. The molecular formula is C13H21NSi. The molecule has 0 aliphatic heterocycles. The summed E-state index contributed by atoms with van der Waals surface area (Å²) in [4.78, 5) is 0. The fourth-order valence-electron chi connectivity index (χ4n) is 2.62. The summed E-state index contributed by atoms with van der Waals surface area (Å²) in [5.41, 5.74) is 2.95. The third-order valence-corrected chi connectivity index (χ3v) is 3.73. The van der Waals surface area contributed by atoms with Crippen LogP contribution in [0.5, 0.6) is 0 Å². The summed E-state index contributed by atoms with van der Waals surface area (Å²) in [7, 11) is 1.22. The van der Waals surface area contributed by atoms with Crippen LogP contribution in [0.25, 0.3) is 0 Å². The van der Waals surface area contributed by atoms with E-state index in [4.69, 9.17) is 0 Å². The molecule has 0 radical (unpaired) electrons. The number of para-hydroxylation sites is 1. The van der Waals surface area contributed by atoms with Gasteiger partial charge in [0.15, 0.2) is 0 Å². The first-order valence-electron chi connectivity index (χ1n) is 6.24. The monoisotopic (exact) mass is 219 g/mol. The first-order valence-corrected chi connectivity index (χ1v) is 7.66. The molecule has 1 N–H and O–H groups in total. The van der Waals surface area contributed by atoms with Crippen LogP contribution in [0.2, 0.25) is 0 Å². The fourth-order valence-corrected chi connectivity index (χ4v) is 3.00. The van der Waals surface area contributed by atoms with E-state index < -0.39 is 0 Å². The van der Waals surface area contributed by atoms with Gasteiger partial charge < -0.3 is 5.32 Å². The summed E-state index contributed by atoms with van der Waals surface area (Å²) in [6.07, 6.45) is 8.20. The number of benzene rings is 1. The highest BCUT2D eigenvalue weighted by atomic mass is 28.1. The van der Waals surface area contributed by atoms with E-state index in [1.807, 2.05) is 0 Å². The zero-order valence-electron chi connectivity index (χ0n) is 9.63. The Morgan fingerprint density at radius 1 is 1.13 bits per heavy atom. The Bertz CT molecular complexity index is 305. The zero-order valence-corrected chi connectivity index (χ0v) is 11.6. The molecule has 0 aromatic heterocycles. The molecule has 0 atom stereocenters. The van der Waals surface area contributed by atoms with Crippen molar-refractivity contribution in [2.75, 3.05) is 11.5 Å². The number of rotatable bonds is 3. The molecule has 0 unspecified atom stereocenters. The lowest BCUT2D eigenvalue weighted by Gasteiger charge is -2.24. The zero-order chi connectivity index (χ0) is 10.5. The van der Waals surface area contributed by atoms with E-state index in [1.165, 1.54) is 48.0 Å². The average Bonchev–Trinajstić information content (AvgIpc) is 2.31. The maximum Gasteiger partial charge on any atom is 0.0372 e. The Kier molecular flexibility index (Phi) is 3.84. The van der Waals surface area contributed by atoms with Crippen LogP contribution >= 0.6 is 0 Å². The number of anilines is 1. The van der Waals surface area contributed by atoms with E-state index in [9.17, 15) is 0 Å². The Labute approximate surface area is 95.7 Å². The van der Waals surface area contributed by atoms with Crippen molar-refractivity contribution >= 4 is 15.9 Å². The SMILES string of the molecule is [SiH3]CNc1ccccc1C1CCCCC1. The predicted molar refractivity (Wildman–Crippen MR) is 70.7 cm³/mol. The van der Waals surface area contributed by atoms with Crippen LogP contribution in [0.4, 0.5) is 5.69 Å². The van der Waals surface area contributed by atoms with Gasteiger partial charge in [0, 0.05) is 15.9 Å². The number of hydrogen-bond acceptors (Lipinski definition) is 1. The van der Waals surface area contributed by atoms with E-state index >= 15 is 0 Å². The van der Waals surface area contributed by atoms with Crippen LogP contribution in [0, 0.1) is 0 Å². The summed E-state index contributed by atoms with van der Waals surface area (Å²) in [5, 5.41) is 3.54. The highest BCUT2D eigenvalue weighted by molar-refractivity contribution is 6.10. The lowest BCUT2D eigenvalue weighted by molar-refractivity contribution is 0.444. The molecule has 0 amide bonds. The normalized spacial score (nSPS) is 17.9. The Hall–Kier alpha value is -0.763. The second kappa shape index (κ2) is 5.36. The van der Waals surface area contributed by atoms with E-state index in [0.29, 0.717) is 0 Å². The van der Waals surface area contributed by atoms with Crippen LogP contribution < -0.4 is 5.32 Å². The molecule has 0 saturated heterocycles. The lowest BCUT2D eigenvalue weighted by atomic mass is 9.83. The van der Waals surface area contributed by atoms with Gasteiger partial charge in [0.25, 0.3) is 0 Å². The van der Waals surface area contributed by atoms with E-state index in [-0.39, 0.29) is 0 Å². The van der Waals surface area contributed by atoms with Crippen LogP contribution in [0.15, 0.2) is 24.3 Å². The molecule has 15 heavy (non-hydrogen) atoms. The summed E-state index contributed by atoms with van der Waals surface area (Å²) < 4.78 is 0. The maximum atomic E-state index is 3.54. The van der Waals surface area contributed by atoms with Crippen molar-refractivity contribution in [3.05, 3.63) is 29.8 Å². The minimum Gasteiger partial charge on any atom is -0.389 e. The summed E-state index contributed by atoms with van der Waals surface area (Å²) >= 11 is 0. The molecule has 1 aliphatic rings. The minimum atomic E-state index is 0.815. The molecule has 82 valence electrons. The molecule has 2 heteroatoms. The Morgan fingerprint density at radius 3 is 2.60 bits per heavy atom. The summed E-state index contributed by atoms with van der Waals surface area (Å²) in [5.74, 6) is 0.815. The fraction of sp³-hybridized carbons (Fsp3) is 0.538. The van der Waals surface area contributed by atoms with Crippen molar-refractivity contribution in [1.82, 2.24) is 0 Å². The second-order valence-corrected chi connectivity index (χ2v) is 5.16. The minimum absolute atomic E-state index is 0.815. The van der Waals surface area contributed by atoms with Crippen LogP contribution in [0.3, 0.4) is 0 Å². The number of hydrogen-bond donors (Lipinski definition) is 1. The van der Waals surface area contributed by atoms with Gasteiger partial charge in [-0.15, -0.1) is 0 Å². The molecule has 0 bridgehead atoms. The first kappa shape index (κ1) is 10.7. The van der Waals surface area contributed by atoms with Gasteiger partial charge in [0.1, 0.15) is 0 Å². The van der Waals surface area contributed by atoms with Crippen molar-refractivity contribution in [2.24, 2.45) is 0 Å². The van der Waals surface area contributed by atoms with Crippen molar-refractivity contribution < 1.29 is 0 Å². The molecule has 1 nitrogen and oxygen atoms in total. The predicted octanol–water partition coefficient (Wildman–Crippen LogP) is 2.47. The van der Waals surface area contributed by atoms with Crippen molar-refractivity contribution in [3.8, 4) is 0 Å². The maximum absolute atomic E-state index is 3.54. The number of nitrogens with one attached hydrogen (secondary N) is 1. The Balaban J connectivity index is 2.17. The lowest BCUT2D eigenvalue weighted by Crippen LogP contribution is -2.09. The van der Waals surface area contributed by atoms with Gasteiger partial charge in [0.05, 0.1) is 0 Å². The summed E-state index contributed by atoms with van der Waals surface area (Å²) in [6, 6.07) is 8.88. The third-order valence-electron chi connectivity index (χ3n) is 3.37. The molecule has 2 rings (SSSR count). The third kappa shape index (κ3) is 2.62. The molecule has 1 fully saturated rings. The van der Waals surface area contributed by atoms with Crippen LogP contribution in [0.1, 0.15) is 43.6 Å². The van der Waals surface area contributed by atoms with Gasteiger partial charge in [-0.2, -0.15) is 0 Å². The van der Waals surface area contributed by atoms with Crippen LogP contribution in [-0.2, 0) is 0 Å².